The molecule has 1 aromatic rings. The van der Waals surface area contributed by atoms with Gasteiger partial charge in [-0.25, -0.2) is 0 Å². The summed E-state index contributed by atoms with van der Waals surface area (Å²) in [5.74, 6) is -0.0649. The first-order valence-electron chi connectivity index (χ1n) is 6.97. The van der Waals surface area contributed by atoms with Crippen molar-refractivity contribution >= 4 is 11.7 Å². The van der Waals surface area contributed by atoms with Gasteiger partial charge in [-0.1, -0.05) is 43.5 Å². The first kappa shape index (κ1) is 16.0. The minimum Gasteiger partial charge on any atom is -0.409 e. The van der Waals surface area contributed by atoms with E-state index in [4.69, 9.17) is 10.9 Å². The Labute approximate surface area is 119 Å². The van der Waals surface area contributed by atoms with Crippen LogP contribution in [0.1, 0.15) is 55.5 Å². The largest absolute Gasteiger partial charge is 0.409 e. The second kappa shape index (κ2) is 8.19. The Morgan fingerprint density at radius 3 is 2.45 bits per heavy atom. The highest BCUT2D eigenvalue weighted by atomic mass is 16.4. The van der Waals surface area contributed by atoms with Crippen molar-refractivity contribution in [2.24, 2.45) is 10.9 Å². The van der Waals surface area contributed by atoms with Crippen molar-refractivity contribution in [3.63, 3.8) is 0 Å². The van der Waals surface area contributed by atoms with Gasteiger partial charge in [0.05, 0.1) is 0 Å². The van der Waals surface area contributed by atoms with Gasteiger partial charge in [-0.2, -0.15) is 0 Å². The fourth-order valence-electron chi connectivity index (χ4n) is 1.93. The average molecular weight is 277 g/mol. The Morgan fingerprint density at radius 2 is 1.90 bits per heavy atom. The van der Waals surface area contributed by atoms with Crippen LogP contribution in [-0.2, 0) is 0 Å². The lowest BCUT2D eigenvalue weighted by atomic mass is 10.1. The minimum absolute atomic E-state index is 0.0323. The molecular weight excluding hydrogens is 254 g/mol. The van der Waals surface area contributed by atoms with E-state index < -0.39 is 0 Å². The van der Waals surface area contributed by atoms with Gasteiger partial charge in [-0.3, -0.25) is 4.79 Å². The maximum Gasteiger partial charge on any atom is 0.251 e. The molecule has 0 radical (unpaired) electrons. The van der Waals surface area contributed by atoms with E-state index in [0.717, 1.165) is 12.8 Å². The highest BCUT2D eigenvalue weighted by Gasteiger charge is 2.10. The smallest absolute Gasteiger partial charge is 0.251 e. The van der Waals surface area contributed by atoms with Crippen LogP contribution in [0.4, 0.5) is 0 Å². The Hall–Kier alpha value is -2.04. The van der Waals surface area contributed by atoms with Gasteiger partial charge in [0.25, 0.3) is 5.91 Å². The molecule has 0 saturated heterocycles. The van der Waals surface area contributed by atoms with E-state index in [1.54, 1.807) is 24.3 Å². The molecule has 1 unspecified atom stereocenters. The number of amides is 1. The van der Waals surface area contributed by atoms with Gasteiger partial charge >= 0.3 is 0 Å². The maximum atomic E-state index is 12.0. The molecule has 5 nitrogen and oxygen atoms in total. The van der Waals surface area contributed by atoms with Gasteiger partial charge in [0.2, 0.25) is 0 Å². The molecule has 0 aromatic heterocycles. The summed E-state index contributed by atoms with van der Waals surface area (Å²) in [6.07, 6.45) is 4.48. The zero-order chi connectivity index (χ0) is 15.0. The molecule has 0 saturated carbocycles. The van der Waals surface area contributed by atoms with E-state index in [-0.39, 0.29) is 17.8 Å². The van der Waals surface area contributed by atoms with Crippen molar-refractivity contribution in [3.05, 3.63) is 35.4 Å². The summed E-state index contributed by atoms with van der Waals surface area (Å²) >= 11 is 0. The lowest BCUT2D eigenvalue weighted by molar-refractivity contribution is 0.0938. The molecule has 1 aromatic carbocycles. The first-order chi connectivity index (χ1) is 9.58. The van der Waals surface area contributed by atoms with E-state index in [0.29, 0.717) is 11.1 Å². The van der Waals surface area contributed by atoms with Gasteiger partial charge in [-0.05, 0) is 25.5 Å². The molecule has 0 fully saturated rings. The summed E-state index contributed by atoms with van der Waals surface area (Å²) in [4.78, 5) is 12.0. The van der Waals surface area contributed by atoms with Crippen LogP contribution in [0.25, 0.3) is 0 Å². The third kappa shape index (κ3) is 4.91. The highest BCUT2D eigenvalue weighted by Crippen LogP contribution is 2.07. The topological polar surface area (TPSA) is 87.7 Å². The maximum absolute atomic E-state index is 12.0. The van der Waals surface area contributed by atoms with Gasteiger partial charge < -0.3 is 16.3 Å². The number of hydrogen-bond acceptors (Lipinski definition) is 3. The number of nitrogens with two attached hydrogens (primary N) is 1. The summed E-state index contributed by atoms with van der Waals surface area (Å²) in [5, 5.41) is 14.5. The Bertz CT molecular complexity index is 455. The van der Waals surface area contributed by atoms with Crippen molar-refractivity contribution in [1.82, 2.24) is 5.32 Å². The quantitative estimate of drug-likeness (QED) is 0.235. The molecule has 20 heavy (non-hydrogen) atoms. The number of oxime groups is 1. The van der Waals surface area contributed by atoms with E-state index >= 15 is 0 Å². The molecule has 4 N–H and O–H groups in total. The fourth-order valence-corrected chi connectivity index (χ4v) is 1.93. The number of benzene rings is 1. The van der Waals surface area contributed by atoms with Crippen LogP contribution in [0.3, 0.4) is 0 Å². The molecule has 0 aliphatic rings. The molecule has 1 rings (SSSR count). The molecule has 110 valence electrons. The summed E-state index contributed by atoms with van der Waals surface area (Å²) < 4.78 is 0. The van der Waals surface area contributed by atoms with Crippen molar-refractivity contribution in [2.75, 3.05) is 0 Å². The number of carbonyl (C=O) groups excluding carboxylic acids is 1. The van der Waals surface area contributed by atoms with Crippen molar-refractivity contribution in [2.45, 2.75) is 45.6 Å². The molecule has 0 aliphatic heterocycles. The van der Waals surface area contributed by atoms with E-state index in [2.05, 4.69) is 17.4 Å². The molecule has 5 heteroatoms. The summed E-state index contributed by atoms with van der Waals surface area (Å²) in [6.45, 7) is 4.17. The summed E-state index contributed by atoms with van der Waals surface area (Å²) in [7, 11) is 0. The average Bonchev–Trinajstić information content (AvgIpc) is 2.46. The SMILES string of the molecule is CCCCCC(C)NC(=O)c1ccc(C(N)=NO)cc1. The van der Waals surface area contributed by atoms with Crippen LogP contribution in [-0.4, -0.2) is 23.0 Å². The first-order valence-corrected chi connectivity index (χ1v) is 6.97. The Morgan fingerprint density at radius 1 is 1.30 bits per heavy atom. The number of unbranched alkanes of at least 4 members (excludes halogenated alkanes) is 2. The number of rotatable bonds is 7. The van der Waals surface area contributed by atoms with Crippen LogP contribution >= 0.6 is 0 Å². The fraction of sp³-hybridized carbons (Fsp3) is 0.467. The highest BCUT2D eigenvalue weighted by molar-refractivity contribution is 5.99. The van der Waals surface area contributed by atoms with Crippen LogP contribution in [0.15, 0.2) is 29.4 Å². The minimum atomic E-state index is -0.0972. The van der Waals surface area contributed by atoms with E-state index in [1.807, 2.05) is 6.92 Å². The second-order valence-electron chi connectivity index (χ2n) is 4.93. The number of nitrogens with one attached hydrogen (secondary N) is 1. The zero-order valence-electron chi connectivity index (χ0n) is 12.1. The van der Waals surface area contributed by atoms with Crippen molar-refractivity contribution in [3.8, 4) is 0 Å². The molecule has 0 aliphatic carbocycles. The monoisotopic (exact) mass is 277 g/mol. The van der Waals surface area contributed by atoms with Gasteiger partial charge in [0.1, 0.15) is 0 Å². The predicted molar refractivity (Wildman–Crippen MR) is 80.0 cm³/mol. The second-order valence-corrected chi connectivity index (χ2v) is 4.93. The molecular formula is C15H23N3O2. The van der Waals surface area contributed by atoms with Crippen LogP contribution in [0, 0.1) is 0 Å². The summed E-state index contributed by atoms with van der Waals surface area (Å²) in [6, 6.07) is 6.82. The molecule has 0 bridgehead atoms. The number of nitrogens with zero attached hydrogens (tertiary/aromatic N) is 1. The van der Waals surface area contributed by atoms with Crippen LogP contribution in [0.2, 0.25) is 0 Å². The van der Waals surface area contributed by atoms with Gasteiger partial charge in [0.15, 0.2) is 5.84 Å². The molecule has 1 amide bonds. The standard InChI is InChI=1S/C15H23N3O2/c1-3-4-5-6-11(2)17-15(19)13-9-7-12(8-10-13)14(16)18-20/h7-11,20H,3-6H2,1-2H3,(H2,16,18)(H,17,19). The molecule has 0 heterocycles. The normalized spacial score (nSPS) is 13.0. The van der Waals surface area contributed by atoms with Crippen LogP contribution in [0.5, 0.6) is 0 Å². The third-order valence-electron chi connectivity index (χ3n) is 3.17. The van der Waals surface area contributed by atoms with Crippen LogP contribution < -0.4 is 11.1 Å². The third-order valence-corrected chi connectivity index (χ3v) is 3.17. The van der Waals surface area contributed by atoms with E-state index in [1.165, 1.54) is 12.8 Å². The van der Waals surface area contributed by atoms with Gasteiger partial charge in [0, 0.05) is 17.2 Å². The summed E-state index contributed by atoms with van der Waals surface area (Å²) in [5.41, 5.74) is 6.62. The molecule has 1 atom stereocenters. The van der Waals surface area contributed by atoms with Crippen molar-refractivity contribution in [1.29, 1.82) is 0 Å². The zero-order valence-corrected chi connectivity index (χ0v) is 12.1. The number of carbonyl (C=O) groups is 1. The van der Waals surface area contributed by atoms with E-state index in [9.17, 15) is 4.79 Å². The van der Waals surface area contributed by atoms with Gasteiger partial charge in [-0.15, -0.1) is 0 Å². The number of amidine groups is 1. The predicted octanol–water partition coefficient (Wildman–Crippen LogP) is 2.48. The Kier molecular flexibility index (Phi) is 6.56. The number of hydrogen-bond donors (Lipinski definition) is 3. The van der Waals surface area contributed by atoms with Crippen molar-refractivity contribution < 1.29 is 10.0 Å². The Balaban J connectivity index is 2.55. The molecule has 0 spiro atoms. The lowest BCUT2D eigenvalue weighted by Crippen LogP contribution is -2.32. The lowest BCUT2D eigenvalue weighted by Gasteiger charge is -2.13.